The Bertz CT molecular complexity index is 1050. The van der Waals surface area contributed by atoms with Crippen molar-refractivity contribution in [1.29, 1.82) is 0 Å². The predicted molar refractivity (Wildman–Crippen MR) is 106 cm³/mol. The van der Waals surface area contributed by atoms with Crippen LogP contribution in [-0.4, -0.2) is 69.9 Å². The number of amides is 1. The first-order valence-electron chi connectivity index (χ1n) is 10.1. The lowest BCUT2D eigenvalue weighted by Crippen LogP contribution is -2.74. The van der Waals surface area contributed by atoms with Gasteiger partial charge in [0.2, 0.25) is 5.91 Å². The number of phenols is 1. The number of benzene rings is 1. The Morgan fingerprint density at radius 2 is 1.81 bits per heavy atom. The molecule has 3 aliphatic carbocycles. The van der Waals surface area contributed by atoms with E-state index >= 15 is 0 Å². The molecular weight excluding hydrogens is 404 g/mol. The van der Waals surface area contributed by atoms with Crippen LogP contribution >= 0.6 is 0 Å². The third-order valence-electron chi connectivity index (χ3n) is 7.32. The van der Waals surface area contributed by atoms with Gasteiger partial charge < -0.3 is 15.9 Å². The van der Waals surface area contributed by atoms with Gasteiger partial charge in [-0.1, -0.05) is 19.1 Å². The number of ketones is 4. The van der Waals surface area contributed by atoms with Crippen molar-refractivity contribution in [3.8, 4) is 5.75 Å². The van der Waals surface area contributed by atoms with Gasteiger partial charge in [-0.25, -0.2) is 0 Å². The number of aromatic hydroxyl groups is 1. The molecule has 4 N–H and O–H groups in total. The van der Waals surface area contributed by atoms with Crippen LogP contribution in [0.3, 0.4) is 0 Å². The molecular formula is C22H24N2O7. The highest BCUT2D eigenvalue weighted by atomic mass is 16.3. The summed E-state index contributed by atoms with van der Waals surface area (Å²) in [4.78, 5) is 66.3. The second-order valence-corrected chi connectivity index (χ2v) is 9.02. The van der Waals surface area contributed by atoms with E-state index in [-0.39, 0.29) is 23.7 Å². The highest BCUT2D eigenvalue weighted by molar-refractivity contribution is 6.32. The Kier molecular flexibility index (Phi) is 4.68. The predicted octanol–water partition coefficient (Wildman–Crippen LogP) is -0.572. The van der Waals surface area contributed by atoms with Gasteiger partial charge >= 0.3 is 0 Å². The fourth-order valence-corrected chi connectivity index (χ4v) is 5.88. The molecule has 0 heterocycles. The zero-order valence-electron chi connectivity index (χ0n) is 17.4. The van der Waals surface area contributed by atoms with Gasteiger partial charge in [-0.15, -0.1) is 0 Å². The number of hydrogen-bond donors (Lipinski definition) is 3. The number of carbonyl (C=O) groups is 5. The number of primary amides is 1. The molecule has 1 amide bonds. The molecule has 0 aliphatic heterocycles. The third kappa shape index (κ3) is 2.59. The average Bonchev–Trinajstić information content (AvgIpc) is 2.68. The monoisotopic (exact) mass is 428 g/mol. The molecule has 0 bridgehead atoms. The zero-order valence-corrected chi connectivity index (χ0v) is 17.4. The second-order valence-electron chi connectivity index (χ2n) is 9.02. The van der Waals surface area contributed by atoms with Gasteiger partial charge in [-0.05, 0) is 44.0 Å². The lowest BCUT2D eigenvalue weighted by Gasteiger charge is -2.53. The van der Waals surface area contributed by atoms with Gasteiger partial charge in [0, 0.05) is 5.92 Å². The minimum atomic E-state index is -2.69. The molecule has 9 heteroatoms. The summed E-state index contributed by atoms with van der Waals surface area (Å²) in [5.41, 5.74) is 3.17. The maximum absolute atomic E-state index is 13.6. The second kappa shape index (κ2) is 6.80. The van der Waals surface area contributed by atoms with Crippen molar-refractivity contribution in [2.75, 3.05) is 14.1 Å². The highest BCUT2D eigenvalue weighted by Crippen LogP contribution is 2.54. The van der Waals surface area contributed by atoms with E-state index in [1.807, 2.05) is 6.92 Å². The van der Waals surface area contributed by atoms with E-state index in [1.165, 1.54) is 11.0 Å². The number of rotatable bonds is 2. The van der Waals surface area contributed by atoms with Crippen LogP contribution in [0.4, 0.5) is 0 Å². The summed E-state index contributed by atoms with van der Waals surface area (Å²) in [5, 5.41) is 21.7. The number of hydrogen-bond acceptors (Lipinski definition) is 8. The van der Waals surface area contributed by atoms with Crippen LogP contribution in [0.2, 0.25) is 0 Å². The van der Waals surface area contributed by atoms with Crippen LogP contribution in [0.15, 0.2) is 18.2 Å². The van der Waals surface area contributed by atoms with Crippen molar-refractivity contribution >= 4 is 29.0 Å². The number of aliphatic hydroxyl groups is 1. The van der Waals surface area contributed by atoms with E-state index in [0.29, 0.717) is 5.56 Å². The molecule has 1 aromatic carbocycles. The number of nitrogens with zero attached hydrogens (tertiary/aromatic N) is 1. The van der Waals surface area contributed by atoms with E-state index in [1.54, 1.807) is 26.2 Å². The number of Topliss-reactive ketones (excluding diaryl/α,β-unsaturated/α-hetero) is 4. The molecule has 3 unspecified atom stereocenters. The van der Waals surface area contributed by atoms with Gasteiger partial charge in [0.25, 0.3) is 0 Å². The summed E-state index contributed by atoms with van der Waals surface area (Å²) in [6.07, 6.45) is 0.0424. The Hall–Kier alpha value is -2.91. The van der Waals surface area contributed by atoms with Crippen LogP contribution in [0.1, 0.15) is 35.2 Å². The normalized spacial score (nSPS) is 37.3. The molecule has 7 atom stereocenters. The van der Waals surface area contributed by atoms with Crippen LogP contribution in [0.25, 0.3) is 0 Å². The summed E-state index contributed by atoms with van der Waals surface area (Å²) >= 11 is 0. The molecule has 0 radical (unpaired) electrons. The van der Waals surface area contributed by atoms with Crippen molar-refractivity contribution in [2.24, 2.45) is 29.4 Å². The van der Waals surface area contributed by atoms with Crippen molar-refractivity contribution in [3.63, 3.8) is 0 Å². The molecule has 2 saturated carbocycles. The van der Waals surface area contributed by atoms with Crippen molar-refractivity contribution < 1.29 is 34.2 Å². The van der Waals surface area contributed by atoms with Crippen molar-refractivity contribution in [3.05, 3.63) is 29.3 Å². The molecule has 9 nitrogen and oxygen atoms in total. The lowest BCUT2D eigenvalue weighted by atomic mass is 9.50. The van der Waals surface area contributed by atoms with Crippen LogP contribution in [0, 0.1) is 23.7 Å². The molecule has 31 heavy (non-hydrogen) atoms. The van der Waals surface area contributed by atoms with Gasteiger partial charge in [0.05, 0.1) is 17.5 Å². The van der Waals surface area contributed by atoms with Crippen LogP contribution in [0.5, 0.6) is 5.75 Å². The fraction of sp³-hybridized carbons (Fsp3) is 0.500. The van der Waals surface area contributed by atoms with Gasteiger partial charge in [-0.2, -0.15) is 0 Å². The van der Waals surface area contributed by atoms with E-state index < -0.39 is 64.4 Å². The lowest BCUT2D eigenvalue weighted by molar-refractivity contribution is -0.181. The minimum Gasteiger partial charge on any atom is -0.507 e. The quantitative estimate of drug-likeness (QED) is 0.529. The standard InChI is InChI=1S/C22H24N2O7/c1-8-9-5-4-6-12(25)13(9)17(26)14-10(8)7-11-16(24(2)3)18(27)15(21(23)30)20(29)22(11,31)19(14)28/h4-6,8,10-11,14-16,25,31H,7H2,1-3H3,(H2,23,30)/t8?,10-,11+,14?,15?,16+,22+/m1/s1. The Morgan fingerprint density at radius 3 is 2.39 bits per heavy atom. The van der Waals surface area contributed by atoms with E-state index in [0.717, 1.165) is 0 Å². The molecule has 0 aromatic heterocycles. The van der Waals surface area contributed by atoms with Gasteiger partial charge in [0.15, 0.2) is 34.7 Å². The van der Waals surface area contributed by atoms with E-state index in [2.05, 4.69) is 0 Å². The summed E-state index contributed by atoms with van der Waals surface area (Å²) in [5.74, 6) is -10.6. The first-order valence-corrected chi connectivity index (χ1v) is 10.1. The number of fused-ring (bicyclic) bond motifs is 3. The third-order valence-corrected chi connectivity index (χ3v) is 7.32. The van der Waals surface area contributed by atoms with Gasteiger partial charge in [0.1, 0.15) is 5.75 Å². The Labute approximate surface area is 178 Å². The van der Waals surface area contributed by atoms with E-state index in [4.69, 9.17) is 5.73 Å². The molecule has 0 spiro atoms. The van der Waals surface area contributed by atoms with Crippen molar-refractivity contribution in [2.45, 2.75) is 30.9 Å². The molecule has 2 fully saturated rings. The molecule has 0 saturated heterocycles. The summed E-state index contributed by atoms with van der Waals surface area (Å²) in [6, 6.07) is 3.54. The summed E-state index contributed by atoms with van der Waals surface area (Å²) in [6.45, 7) is 1.81. The zero-order chi connectivity index (χ0) is 23.0. The maximum Gasteiger partial charge on any atom is 0.235 e. The number of carbonyl (C=O) groups excluding carboxylic acids is 5. The number of nitrogens with two attached hydrogens (primary N) is 1. The fourth-order valence-electron chi connectivity index (χ4n) is 5.88. The molecule has 1 aromatic rings. The first-order chi connectivity index (χ1) is 14.4. The summed E-state index contributed by atoms with van der Waals surface area (Å²) in [7, 11) is 3.10. The number of phenolic OH excluding ortho intramolecular Hbond substituents is 1. The topological polar surface area (TPSA) is 155 Å². The van der Waals surface area contributed by atoms with E-state index in [9.17, 15) is 34.2 Å². The minimum absolute atomic E-state index is 0.00148. The average molecular weight is 428 g/mol. The van der Waals surface area contributed by atoms with Crippen molar-refractivity contribution in [1.82, 2.24) is 4.90 Å². The Morgan fingerprint density at radius 1 is 1.16 bits per heavy atom. The smallest absolute Gasteiger partial charge is 0.235 e. The molecule has 164 valence electrons. The summed E-state index contributed by atoms with van der Waals surface area (Å²) < 4.78 is 0. The highest BCUT2D eigenvalue weighted by Gasteiger charge is 2.69. The number of likely N-dealkylation sites (N-methyl/N-ethyl adjacent to an activating group) is 1. The van der Waals surface area contributed by atoms with Crippen LogP contribution in [-0.2, 0) is 19.2 Å². The first kappa shape index (κ1) is 21.3. The van der Waals surface area contributed by atoms with Crippen LogP contribution < -0.4 is 5.73 Å². The SMILES string of the molecule is CC1c2cccc(O)c2C(=O)C2C(=O)[C@]3(O)C(=O)C(C(N)=O)C(=O)[C@@H](N(C)C)[C@@H]3C[C@@H]21. The molecule has 4 rings (SSSR count). The molecule has 3 aliphatic rings. The largest absolute Gasteiger partial charge is 0.507 e. The van der Waals surface area contributed by atoms with Gasteiger partial charge in [-0.3, -0.25) is 28.9 Å². The maximum atomic E-state index is 13.6. The Balaban J connectivity index is 1.91.